The van der Waals surface area contributed by atoms with Crippen LogP contribution in [0.1, 0.15) is 43.5 Å². The van der Waals surface area contributed by atoms with Crippen LogP contribution in [0.15, 0.2) is 18.2 Å². The minimum atomic E-state index is -0.376. The molecule has 1 heterocycles. The zero-order chi connectivity index (χ0) is 14.0. The number of carbonyl (C=O) groups excluding carboxylic acids is 1. The van der Waals surface area contributed by atoms with Gasteiger partial charge in [0.1, 0.15) is 0 Å². The van der Waals surface area contributed by atoms with E-state index >= 15 is 0 Å². The fraction of sp³-hybridized carbons (Fsp3) is 0.533. The molecular formula is C15H22N2O2. The molecule has 1 fully saturated rings. The first-order valence-corrected chi connectivity index (χ1v) is 6.84. The van der Waals surface area contributed by atoms with Crippen LogP contribution < -0.4 is 10.6 Å². The van der Waals surface area contributed by atoms with E-state index in [9.17, 15) is 4.79 Å². The zero-order valence-electron chi connectivity index (χ0n) is 11.8. The van der Waals surface area contributed by atoms with Crippen molar-refractivity contribution in [2.45, 2.75) is 45.2 Å². The molecule has 0 radical (unpaired) electrons. The Bertz CT molecular complexity index is 473. The molecule has 1 aliphatic rings. The molecule has 0 bridgehead atoms. The molecule has 2 atom stereocenters. The summed E-state index contributed by atoms with van der Waals surface area (Å²) in [5, 5.41) is 0. The van der Waals surface area contributed by atoms with Gasteiger partial charge in [0.05, 0.1) is 12.7 Å². The first-order valence-electron chi connectivity index (χ1n) is 6.84. The Hall–Kier alpha value is -1.71. The molecule has 2 unspecified atom stereocenters. The minimum absolute atomic E-state index is 0.376. The van der Waals surface area contributed by atoms with Crippen molar-refractivity contribution >= 4 is 17.3 Å². The third-order valence-electron chi connectivity index (χ3n) is 4.00. The maximum absolute atomic E-state index is 11.7. The SMILES string of the molecule is CCC1CCC(C)N1c1ccc(N)c(C(=O)OC)c1. The Balaban J connectivity index is 2.37. The lowest BCUT2D eigenvalue weighted by atomic mass is 10.1. The van der Waals surface area contributed by atoms with Crippen LogP contribution in [0.2, 0.25) is 0 Å². The van der Waals surface area contributed by atoms with Crippen molar-refractivity contribution in [2.75, 3.05) is 17.7 Å². The van der Waals surface area contributed by atoms with Crippen LogP contribution in [-0.2, 0) is 4.74 Å². The van der Waals surface area contributed by atoms with Crippen molar-refractivity contribution < 1.29 is 9.53 Å². The monoisotopic (exact) mass is 262 g/mol. The second-order valence-corrected chi connectivity index (χ2v) is 5.16. The van der Waals surface area contributed by atoms with Gasteiger partial charge in [-0.3, -0.25) is 0 Å². The summed E-state index contributed by atoms with van der Waals surface area (Å²) in [4.78, 5) is 14.1. The third kappa shape index (κ3) is 2.53. The lowest BCUT2D eigenvalue weighted by Gasteiger charge is -2.30. The average molecular weight is 262 g/mol. The Morgan fingerprint density at radius 3 is 2.84 bits per heavy atom. The molecule has 0 aromatic heterocycles. The van der Waals surface area contributed by atoms with E-state index in [0.29, 0.717) is 23.3 Å². The Labute approximate surface area is 114 Å². The number of ether oxygens (including phenoxy) is 1. The second-order valence-electron chi connectivity index (χ2n) is 5.16. The number of nitrogen functional groups attached to an aromatic ring is 1. The molecule has 1 aliphatic heterocycles. The highest BCUT2D eigenvalue weighted by atomic mass is 16.5. The molecule has 19 heavy (non-hydrogen) atoms. The molecule has 1 saturated heterocycles. The summed E-state index contributed by atoms with van der Waals surface area (Å²) in [5.74, 6) is -0.376. The molecular weight excluding hydrogens is 240 g/mol. The number of nitrogens with zero attached hydrogens (tertiary/aromatic N) is 1. The van der Waals surface area contributed by atoms with Crippen LogP contribution in [0.5, 0.6) is 0 Å². The quantitative estimate of drug-likeness (QED) is 0.672. The van der Waals surface area contributed by atoms with Crippen molar-refractivity contribution in [2.24, 2.45) is 0 Å². The van der Waals surface area contributed by atoms with Crippen LogP contribution >= 0.6 is 0 Å². The average Bonchev–Trinajstić information content (AvgIpc) is 2.79. The van der Waals surface area contributed by atoms with Gasteiger partial charge >= 0.3 is 5.97 Å². The van der Waals surface area contributed by atoms with E-state index in [-0.39, 0.29) is 5.97 Å². The Kier molecular flexibility index (Phi) is 3.98. The highest BCUT2D eigenvalue weighted by molar-refractivity contribution is 5.96. The largest absolute Gasteiger partial charge is 0.465 e. The van der Waals surface area contributed by atoms with Gasteiger partial charge in [-0.1, -0.05) is 6.92 Å². The van der Waals surface area contributed by atoms with Crippen LogP contribution in [-0.4, -0.2) is 25.2 Å². The van der Waals surface area contributed by atoms with Crippen molar-refractivity contribution in [1.29, 1.82) is 0 Å². The van der Waals surface area contributed by atoms with Gasteiger partial charge in [-0.2, -0.15) is 0 Å². The number of nitrogens with two attached hydrogens (primary N) is 1. The molecule has 104 valence electrons. The van der Waals surface area contributed by atoms with Crippen molar-refractivity contribution in [3.05, 3.63) is 23.8 Å². The molecule has 2 rings (SSSR count). The van der Waals surface area contributed by atoms with Gasteiger partial charge in [-0.25, -0.2) is 4.79 Å². The van der Waals surface area contributed by atoms with E-state index in [2.05, 4.69) is 18.7 Å². The predicted molar refractivity (Wildman–Crippen MR) is 77.4 cm³/mol. The normalized spacial score (nSPS) is 22.6. The topological polar surface area (TPSA) is 55.6 Å². The standard InChI is InChI=1S/C15H22N2O2/c1-4-11-6-5-10(2)17(11)12-7-8-14(16)13(9-12)15(18)19-3/h7-11H,4-6,16H2,1-3H3. The summed E-state index contributed by atoms with van der Waals surface area (Å²) < 4.78 is 4.78. The van der Waals surface area contributed by atoms with Gasteiger partial charge in [0.25, 0.3) is 0 Å². The number of esters is 1. The zero-order valence-corrected chi connectivity index (χ0v) is 11.8. The van der Waals surface area contributed by atoms with Gasteiger partial charge in [0, 0.05) is 23.5 Å². The van der Waals surface area contributed by atoms with Crippen molar-refractivity contribution in [3.63, 3.8) is 0 Å². The van der Waals surface area contributed by atoms with Gasteiger partial charge < -0.3 is 15.4 Å². The predicted octanol–water partition coefficient (Wildman–Crippen LogP) is 2.82. The molecule has 2 N–H and O–H groups in total. The van der Waals surface area contributed by atoms with Crippen molar-refractivity contribution in [1.82, 2.24) is 0 Å². The summed E-state index contributed by atoms with van der Waals surface area (Å²) in [6.45, 7) is 4.43. The van der Waals surface area contributed by atoms with E-state index in [4.69, 9.17) is 10.5 Å². The first kappa shape index (κ1) is 13.7. The fourth-order valence-corrected chi connectivity index (χ4v) is 2.93. The van der Waals surface area contributed by atoms with E-state index in [1.807, 2.05) is 12.1 Å². The number of anilines is 2. The van der Waals surface area contributed by atoms with E-state index < -0.39 is 0 Å². The highest BCUT2D eigenvalue weighted by Gasteiger charge is 2.30. The van der Waals surface area contributed by atoms with Gasteiger partial charge in [0.2, 0.25) is 0 Å². The van der Waals surface area contributed by atoms with E-state index in [0.717, 1.165) is 12.1 Å². The lowest BCUT2D eigenvalue weighted by molar-refractivity contribution is 0.0602. The number of rotatable bonds is 3. The number of methoxy groups -OCH3 is 1. The first-order chi connectivity index (χ1) is 9.08. The summed E-state index contributed by atoms with van der Waals surface area (Å²) in [7, 11) is 1.38. The van der Waals surface area contributed by atoms with Gasteiger partial charge in [-0.05, 0) is 44.4 Å². The highest BCUT2D eigenvalue weighted by Crippen LogP contribution is 2.33. The number of hydrogen-bond donors (Lipinski definition) is 1. The van der Waals surface area contributed by atoms with Crippen LogP contribution in [0.3, 0.4) is 0 Å². The van der Waals surface area contributed by atoms with Gasteiger partial charge in [0.15, 0.2) is 0 Å². The summed E-state index contributed by atoms with van der Waals surface area (Å²) >= 11 is 0. The van der Waals surface area contributed by atoms with Crippen LogP contribution in [0, 0.1) is 0 Å². The van der Waals surface area contributed by atoms with E-state index in [1.54, 1.807) is 6.07 Å². The maximum atomic E-state index is 11.7. The van der Waals surface area contributed by atoms with Gasteiger partial charge in [-0.15, -0.1) is 0 Å². The molecule has 0 aliphatic carbocycles. The molecule has 4 heteroatoms. The lowest BCUT2D eigenvalue weighted by Crippen LogP contribution is -2.34. The summed E-state index contributed by atoms with van der Waals surface area (Å²) in [6, 6.07) is 6.68. The molecule has 0 amide bonds. The molecule has 4 nitrogen and oxygen atoms in total. The van der Waals surface area contributed by atoms with Crippen LogP contribution in [0.25, 0.3) is 0 Å². The summed E-state index contributed by atoms with van der Waals surface area (Å²) in [6.07, 6.45) is 3.51. The number of carbonyl (C=O) groups is 1. The minimum Gasteiger partial charge on any atom is -0.465 e. The number of hydrogen-bond acceptors (Lipinski definition) is 4. The molecule has 0 saturated carbocycles. The molecule has 1 aromatic carbocycles. The second kappa shape index (κ2) is 5.51. The Morgan fingerprint density at radius 1 is 1.47 bits per heavy atom. The van der Waals surface area contributed by atoms with Crippen molar-refractivity contribution in [3.8, 4) is 0 Å². The summed E-state index contributed by atoms with van der Waals surface area (Å²) in [5.41, 5.74) is 7.83. The maximum Gasteiger partial charge on any atom is 0.340 e. The number of benzene rings is 1. The molecule has 1 aromatic rings. The third-order valence-corrected chi connectivity index (χ3v) is 4.00. The fourth-order valence-electron chi connectivity index (χ4n) is 2.93. The smallest absolute Gasteiger partial charge is 0.340 e. The van der Waals surface area contributed by atoms with Crippen LogP contribution in [0.4, 0.5) is 11.4 Å². The molecule has 0 spiro atoms. The van der Waals surface area contributed by atoms with E-state index in [1.165, 1.54) is 20.0 Å². The Morgan fingerprint density at radius 2 is 2.21 bits per heavy atom.